The highest BCUT2D eigenvalue weighted by atomic mass is 16.6. The summed E-state index contributed by atoms with van der Waals surface area (Å²) in [5.41, 5.74) is -2.20. The molecule has 0 radical (unpaired) electrons. The smallest absolute Gasteiger partial charge is 0.302 e. The van der Waals surface area contributed by atoms with Crippen molar-refractivity contribution >= 4 is 17.7 Å². The van der Waals surface area contributed by atoms with Gasteiger partial charge in [0.1, 0.15) is 23.9 Å². The third kappa shape index (κ3) is 2.81. The fourth-order valence-electron chi connectivity index (χ4n) is 10.6. The lowest BCUT2D eigenvalue weighted by molar-refractivity contribution is -0.287. The molecule has 38 heavy (non-hydrogen) atoms. The Hall–Kier alpha value is -2.19. The summed E-state index contributed by atoms with van der Waals surface area (Å²) in [6.07, 6.45) is 3.29. The fraction of sp³-hybridized carbons (Fsp3) is 0.767. The number of furan rings is 1. The zero-order chi connectivity index (χ0) is 27.6. The third-order valence-electron chi connectivity index (χ3n) is 12.1. The van der Waals surface area contributed by atoms with E-state index in [1.807, 2.05) is 6.07 Å². The van der Waals surface area contributed by atoms with Crippen LogP contribution in [0.3, 0.4) is 0 Å². The second kappa shape index (κ2) is 7.72. The molecule has 2 heterocycles. The van der Waals surface area contributed by atoms with Gasteiger partial charge in [0.05, 0.1) is 24.5 Å². The number of ether oxygens (including phenoxy) is 3. The van der Waals surface area contributed by atoms with E-state index in [0.717, 1.165) is 18.4 Å². The van der Waals surface area contributed by atoms with Crippen molar-refractivity contribution in [3.63, 3.8) is 0 Å². The first-order valence-corrected chi connectivity index (χ1v) is 13.9. The van der Waals surface area contributed by atoms with Crippen LogP contribution in [0.5, 0.6) is 0 Å². The minimum absolute atomic E-state index is 0.0593. The van der Waals surface area contributed by atoms with Crippen LogP contribution in [0.4, 0.5) is 0 Å². The second-order valence-electron chi connectivity index (χ2n) is 13.8. The largest absolute Gasteiger partial charge is 0.472 e. The molecule has 1 aromatic heterocycles. The molecule has 1 aromatic rings. The highest BCUT2D eigenvalue weighted by molar-refractivity contribution is 5.98. The molecule has 208 valence electrons. The average Bonchev–Trinajstić information content (AvgIpc) is 3.30. The summed E-state index contributed by atoms with van der Waals surface area (Å²) in [5.74, 6) is -1.22. The van der Waals surface area contributed by atoms with Gasteiger partial charge in [-0.2, -0.15) is 0 Å². The molecule has 8 heteroatoms. The number of hydrogen-bond acceptors (Lipinski definition) is 8. The Balaban J connectivity index is 1.50. The molecule has 1 saturated heterocycles. The van der Waals surface area contributed by atoms with Gasteiger partial charge >= 0.3 is 11.9 Å². The quantitative estimate of drug-likeness (QED) is 0.459. The van der Waals surface area contributed by atoms with Crippen molar-refractivity contribution in [3.8, 4) is 0 Å². The van der Waals surface area contributed by atoms with Gasteiger partial charge in [-0.25, -0.2) is 0 Å². The molecule has 6 rings (SSSR count). The Morgan fingerprint density at radius 2 is 1.66 bits per heavy atom. The van der Waals surface area contributed by atoms with Gasteiger partial charge in [-0.1, -0.05) is 34.6 Å². The number of hydrogen-bond donors (Lipinski definition) is 1. The maximum atomic E-state index is 13.9. The molecule has 5 aliphatic rings. The van der Waals surface area contributed by atoms with Crippen molar-refractivity contribution in [1.29, 1.82) is 0 Å². The summed E-state index contributed by atoms with van der Waals surface area (Å²) < 4.78 is 23.8. The third-order valence-corrected chi connectivity index (χ3v) is 12.1. The van der Waals surface area contributed by atoms with Crippen molar-refractivity contribution in [1.82, 2.24) is 0 Å². The van der Waals surface area contributed by atoms with E-state index >= 15 is 0 Å². The maximum Gasteiger partial charge on any atom is 0.302 e. The molecule has 1 N–H and O–H groups in total. The Bertz CT molecular complexity index is 1190. The van der Waals surface area contributed by atoms with Crippen molar-refractivity contribution < 1.29 is 38.1 Å². The van der Waals surface area contributed by atoms with Crippen LogP contribution in [0.25, 0.3) is 0 Å². The number of fused-ring (bicyclic) bond motifs is 3. The van der Waals surface area contributed by atoms with Crippen LogP contribution in [0.1, 0.15) is 85.6 Å². The lowest BCUT2D eigenvalue weighted by Crippen LogP contribution is -2.73. The van der Waals surface area contributed by atoms with Gasteiger partial charge in [0, 0.05) is 47.5 Å². The van der Waals surface area contributed by atoms with E-state index in [4.69, 9.17) is 18.6 Å². The van der Waals surface area contributed by atoms with Gasteiger partial charge in [-0.3, -0.25) is 14.4 Å². The van der Waals surface area contributed by atoms with Gasteiger partial charge in [0.15, 0.2) is 5.78 Å². The van der Waals surface area contributed by atoms with Crippen LogP contribution in [-0.2, 0) is 28.6 Å². The highest BCUT2D eigenvalue weighted by Gasteiger charge is 2.90. The van der Waals surface area contributed by atoms with Crippen LogP contribution in [0, 0.1) is 33.5 Å². The van der Waals surface area contributed by atoms with E-state index in [2.05, 4.69) is 34.6 Å². The monoisotopic (exact) mass is 528 g/mol. The molecule has 0 bridgehead atoms. The van der Waals surface area contributed by atoms with E-state index in [-0.39, 0.29) is 35.5 Å². The number of epoxide rings is 1. The van der Waals surface area contributed by atoms with Crippen LogP contribution in [0.2, 0.25) is 0 Å². The molecule has 0 aromatic carbocycles. The molecular formula is C30H40O8. The Morgan fingerprint density at radius 1 is 1.00 bits per heavy atom. The fourth-order valence-corrected chi connectivity index (χ4v) is 10.6. The van der Waals surface area contributed by atoms with Gasteiger partial charge in [0.2, 0.25) is 0 Å². The summed E-state index contributed by atoms with van der Waals surface area (Å²) in [6, 6.07) is 1.87. The molecule has 11 atom stereocenters. The Labute approximate surface area is 223 Å². The average molecular weight is 529 g/mol. The molecular weight excluding hydrogens is 488 g/mol. The number of Topliss-reactive ketones (excluding diaryl/α,β-unsaturated/α-hetero) is 1. The van der Waals surface area contributed by atoms with E-state index in [9.17, 15) is 19.5 Å². The zero-order valence-electron chi connectivity index (χ0n) is 23.4. The summed E-state index contributed by atoms with van der Waals surface area (Å²) >= 11 is 0. The lowest BCUT2D eigenvalue weighted by Gasteiger charge is -2.70. The molecule has 8 nitrogen and oxygen atoms in total. The SMILES string of the molecule is CC(=O)O[C@@H]1C[C@H](O)[C@@]2(C)[C@H](C[C@@H](OC(C)=O)[C@]3(C)[C@H]2CC[C@@]2(C)[C@@H](c4ccoc4)C(=O)[C@@H]4O[C@]432)C1(C)C. The minimum atomic E-state index is -0.813. The normalized spacial score (nSPS) is 50.2. The maximum absolute atomic E-state index is 13.9. The van der Waals surface area contributed by atoms with Crippen LogP contribution in [-0.4, -0.2) is 52.8 Å². The molecule has 4 saturated carbocycles. The van der Waals surface area contributed by atoms with Crippen molar-refractivity contribution in [3.05, 3.63) is 24.2 Å². The van der Waals surface area contributed by atoms with E-state index in [1.165, 1.54) is 13.8 Å². The van der Waals surface area contributed by atoms with Crippen molar-refractivity contribution in [2.45, 2.75) is 110 Å². The van der Waals surface area contributed by atoms with Crippen LogP contribution in [0.15, 0.2) is 23.0 Å². The molecule has 0 amide bonds. The molecule has 0 unspecified atom stereocenters. The molecule has 5 fully saturated rings. The first-order chi connectivity index (χ1) is 17.7. The van der Waals surface area contributed by atoms with Gasteiger partial charge in [-0.05, 0) is 37.2 Å². The summed E-state index contributed by atoms with van der Waals surface area (Å²) in [4.78, 5) is 38.4. The van der Waals surface area contributed by atoms with Gasteiger partial charge < -0.3 is 23.7 Å². The van der Waals surface area contributed by atoms with Crippen LogP contribution < -0.4 is 0 Å². The summed E-state index contributed by atoms with van der Waals surface area (Å²) in [5, 5.41) is 11.8. The summed E-state index contributed by atoms with van der Waals surface area (Å²) in [6.45, 7) is 13.4. The first kappa shape index (κ1) is 26.1. The number of carbonyl (C=O) groups excluding carboxylic acids is 3. The van der Waals surface area contributed by atoms with E-state index < -0.39 is 51.7 Å². The topological polar surface area (TPSA) is 116 Å². The number of esters is 2. The number of aliphatic hydroxyl groups excluding tert-OH is 1. The zero-order valence-corrected chi connectivity index (χ0v) is 23.4. The minimum Gasteiger partial charge on any atom is -0.472 e. The molecule has 1 spiro atoms. The van der Waals surface area contributed by atoms with E-state index in [1.54, 1.807) is 12.5 Å². The number of carbonyl (C=O) groups is 3. The predicted octanol–water partition coefficient (Wildman–Crippen LogP) is 4.19. The Morgan fingerprint density at radius 3 is 2.26 bits per heavy atom. The van der Waals surface area contributed by atoms with Crippen LogP contribution >= 0.6 is 0 Å². The molecule has 1 aliphatic heterocycles. The van der Waals surface area contributed by atoms with Gasteiger partial charge in [-0.15, -0.1) is 0 Å². The Kier molecular flexibility index (Phi) is 5.29. The molecule has 4 aliphatic carbocycles. The van der Waals surface area contributed by atoms with Gasteiger partial charge in [0.25, 0.3) is 0 Å². The predicted molar refractivity (Wildman–Crippen MR) is 135 cm³/mol. The lowest BCUT2D eigenvalue weighted by atomic mass is 9.35. The highest BCUT2D eigenvalue weighted by Crippen LogP contribution is 2.82. The number of aliphatic hydroxyl groups is 1. The van der Waals surface area contributed by atoms with Crippen molar-refractivity contribution in [2.75, 3.05) is 0 Å². The second-order valence-corrected chi connectivity index (χ2v) is 13.8. The number of rotatable bonds is 3. The summed E-state index contributed by atoms with van der Waals surface area (Å²) in [7, 11) is 0. The van der Waals surface area contributed by atoms with E-state index in [0.29, 0.717) is 12.8 Å². The standard InChI is InChI=1S/C30H40O8/c1-15(31)36-21-13-20(33)28(6)18-8-10-27(5)23(17-9-11-35-14-17)24(34)25-30(27,38-25)29(18,7)22(37-16(2)32)12-19(28)26(21,3)4/h9,11,14,18-23,25,33H,8,10,12-13H2,1-7H3/t18-,19+,20-,21+,22+,23-,25-,27-,28+,29-,30-/m0/s1. The first-order valence-electron chi connectivity index (χ1n) is 13.9. The van der Waals surface area contributed by atoms with Crippen molar-refractivity contribution in [2.24, 2.45) is 33.5 Å². The number of ketones is 1.